The summed E-state index contributed by atoms with van der Waals surface area (Å²) in [7, 11) is 0. The van der Waals surface area contributed by atoms with Gasteiger partial charge < -0.3 is 0 Å². The number of aromatic nitrogens is 2. The third-order valence-electron chi connectivity index (χ3n) is 2.04. The van der Waals surface area contributed by atoms with Gasteiger partial charge in [-0.05, 0) is 57.0 Å². The van der Waals surface area contributed by atoms with E-state index in [0.29, 0.717) is 0 Å². The van der Waals surface area contributed by atoms with E-state index < -0.39 is 0 Å². The molecule has 0 bridgehead atoms. The van der Waals surface area contributed by atoms with E-state index in [2.05, 4.69) is 29.0 Å². The molecule has 0 aliphatic heterocycles. The van der Waals surface area contributed by atoms with Crippen LogP contribution < -0.4 is 0 Å². The predicted molar refractivity (Wildman–Crippen MR) is 90.1 cm³/mol. The molecule has 0 amide bonds. The summed E-state index contributed by atoms with van der Waals surface area (Å²) in [5.41, 5.74) is 4.71. The maximum absolute atomic E-state index is 4.23. The van der Waals surface area contributed by atoms with E-state index in [9.17, 15) is 0 Å². The van der Waals surface area contributed by atoms with Crippen LogP contribution >= 0.6 is 0 Å². The quantitative estimate of drug-likeness (QED) is 0.638. The topological polar surface area (TPSA) is 25.8 Å². The standard InChI is InChI=1S/C8H11N.C6H7N.2C2H6/c1-6-4-7(2)9-8(3)5-6;1-6-3-2-4-7-5-6;2*1-2/h4-5H,1-3H3;2-5H,1H3;2*1-2H3. The van der Waals surface area contributed by atoms with Crippen molar-refractivity contribution in [1.82, 2.24) is 9.97 Å². The molecule has 0 atom stereocenters. The summed E-state index contributed by atoms with van der Waals surface area (Å²) in [6.07, 6.45) is 3.60. The molecule has 0 unspecified atom stereocenters. The fraction of sp³-hybridized carbons (Fsp3) is 0.444. The lowest BCUT2D eigenvalue weighted by molar-refractivity contribution is 1.10. The second-order valence-electron chi connectivity index (χ2n) is 3.96. The van der Waals surface area contributed by atoms with Crippen LogP contribution in [0.1, 0.15) is 50.2 Å². The Hall–Kier alpha value is -1.70. The Balaban J connectivity index is 0. The van der Waals surface area contributed by atoms with E-state index in [-0.39, 0.29) is 0 Å². The van der Waals surface area contributed by atoms with E-state index in [4.69, 9.17) is 0 Å². The molecule has 2 heterocycles. The summed E-state index contributed by atoms with van der Waals surface area (Å²) in [6.45, 7) is 16.1. The average Bonchev–Trinajstić information content (AvgIpc) is 2.43. The molecule has 0 fully saturated rings. The van der Waals surface area contributed by atoms with E-state index in [1.54, 1.807) is 6.20 Å². The average molecular weight is 274 g/mol. The van der Waals surface area contributed by atoms with E-state index >= 15 is 0 Å². The smallest absolute Gasteiger partial charge is 0.0378 e. The summed E-state index contributed by atoms with van der Waals surface area (Å²) in [6, 6.07) is 8.10. The van der Waals surface area contributed by atoms with Crippen LogP contribution in [0.25, 0.3) is 0 Å². The summed E-state index contributed by atoms with van der Waals surface area (Å²) in [5.74, 6) is 0. The summed E-state index contributed by atoms with van der Waals surface area (Å²) >= 11 is 0. The van der Waals surface area contributed by atoms with Gasteiger partial charge in [-0.3, -0.25) is 9.97 Å². The molecule has 2 nitrogen and oxygen atoms in total. The molecule has 112 valence electrons. The largest absolute Gasteiger partial charge is 0.264 e. The molecule has 2 aromatic rings. The Morgan fingerprint density at radius 2 is 1.25 bits per heavy atom. The maximum Gasteiger partial charge on any atom is 0.0378 e. The molecular weight excluding hydrogens is 244 g/mol. The molecule has 0 radical (unpaired) electrons. The van der Waals surface area contributed by atoms with E-state index in [1.165, 1.54) is 11.1 Å². The van der Waals surface area contributed by atoms with Gasteiger partial charge in [0.25, 0.3) is 0 Å². The number of hydrogen-bond donors (Lipinski definition) is 0. The highest BCUT2D eigenvalue weighted by Gasteiger charge is 1.88. The Morgan fingerprint density at radius 1 is 0.750 bits per heavy atom. The lowest BCUT2D eigenvalue weighted by atomic mass is 10.2. The first-order valence-corrected chi connectivity index (χ1v) is 7.36. The van der Waals surface area contributed by atoms with Crippen molar-refractivity contribution in [3.8, 4) is 0 Å². The molecule has 0 saturated carbocycles. The van der Waals surface area contributed by atoms with Crippen LogP contribution in [-0.2, 0) is 0 Å². The highest BCUT2D eigenvalue weighted by Crippen LogP contribution is 2.01. The van der Waals surface area contributed by atoms with Crippen molar-refractivity contribution in [3.63, 3.8) is 0 Å². The zero-order chi connectivity index (χ0) is 16.0. The van der Waals surface area contributed by atoms with Gasteiger partial charge in [-0.2, -0.15) is 0 Å². The molecule has 2 rings (SSSR count). The van der Waals surface area contributed by atoms with Gasteiger partial charge in [-0.15, -0.1) is 0 Å². The van der Waals surface area contributed by atoms with Crippen molar-refractivity contribution in [2.45, 2.75) is 55.4 Å². The normalized spacial score (nSPS) is 8.00. The van der Waals surface area contributed by atoms with E-state index in [1.807, 2.05) is 66.8 Å². The van der Waals surface area contributed by atoms with Crippen molar-refractivity contribution in [1.29, 1.82) is 0 Å². The minimum Gasteiger partial charge on any atom is -0.264 e. The third kappa shape index (κ3) is 11.4. The van der Waals surface area contributed by atoms with Gasteiger partial charge in [0.15, 0.2) is 0 Å². The summed E-state index contributed by atoms with van der Waals surface area (Å²) < 4.78 is 0. The summed E-state index contributed by atoms with van der Waals surface area (Å²) in [5, 5.41) is 0. The fourth-order valence-electron chi connectivity index (χ4n) is 1.49. The number of nitrogens with zero attached hydrogens (tertiary/aromatic N) is 2. The Bertz CT molecular complexity index is 386. The van der Waals surface area contributed by atoms with Gasteiger partial charge >= 0.3 is 0 Å². The van der Waals surface area contributed by atoms with Gasteiger partial charge in [-0.1, -0.05) is 33.8 Å². The Morgan fingerprint density at radius 3 is 1.50 bits per heavy atom. The van der Waals surface area contributed by atoms with Gasteiger partial charge in [0.1, 0.15) is 0 Å². The van der Waals surface area contributed by atoms with Crippen LogP contribution in [0.5, 0.6) is 0 Å². The van der Waals surface area contributed by atoms with Crippen LogP contribution in [0.3, 0.4) is 0 Å². The fourth-order valence-corrected chi connectivity index (χ4v) is 1.49. The second-order valence-corrected chi connectivity index (χ2v) is 3.96. The van der Waals surface area contributed by atoms with Crippen molar-refractivity contribution >= 4 is 0 Å². The first-order valence-electron chi connectivity index (χ1n) is 7.36. The molecule has 0 aromatic carbocycles. The lowest BCUT2D eigenvalue weighted by Crippen LogP contribution is -1.85. The number of aryl methyl sites for hydroxylation is 4. The lowest BCUT2D eigenvalue weighted by Gasteiger charge is -1.96. The molecule has 0 N–H and O–H groups in total. The zero-order valence-corrected chi connectivity index (χ0v) is 14.4. The highest BCUT2D eigenvalue weighted by molar-refractivity contribution is 5.18. The minimum atomic E-state index is 1.10. The highest BCUT2D eigenvalue weighted by atomic mass is 14.7. The SMILES string of the molecule is CC.CC.Cc1cc(C)nc(C)c1.Cc1cccnc1. The van der Waals surface area contributed by atoms with Crippen molar-refractivity contribution in [2.24, 2.45) is 0 Å². The molecule has 0 aliphatic rings. The number of rotatable bonds is 0. The molecule has 2 aromatic heterocycles. The van der Waals surface area contributed by atoms with Gasteiger partial charge in [0.2, 0.25) is 0 Å². The van der Waals surface area contributed by atoms with Gasteiger partial charge in [0, 0.05) is 23.8 Å². The van der Waals surface area contributed by atoms with Gasteiger partial charge in [0.05, 0.1) is 0 Å². The first kappa shape index (κ1) is 20.6. The third-order valence-corrected chi connectivity index (χ3v) is 2.04. The molecule has 0 saturated heterocycles. The Labute approximate surface area is 125 Å². The maximum atomic E-state index is 4.23. The van der Waals surface area contributed by atoms with Crippen molar-refractivity contribution in [2.75, 3.05) is 0 Å². The van der Waals surface area contributed by atoms with Crippen molar-refractivity contribution < 1.29 is 0 Å². The minimum absolute atomic E-state index is 1.10. The predicted octanol–water partition coefficient (Wildman–Crippen LogP) is 5.45. The van der Waals surface area contributed by atoms with E-state index in [0.717, 1.165) is 11.4 Å². The van der Waals surface area contributed by atoms with Crippen LogP contribution in [0.2, 0.25) is 0 Å². The number of hydrogen-bond acceptors (Lipinski definition) is 2. The van der Waals surface area contributed by atoms with Crippen molar-refractivity contribution in [3.05, 3.63) is 59.2 Å². The van der Waals surface area contributed by atoms with Gasteiger partial charge in [-0.25, -0.2) is 0 Å². The Kier molecular flexibility index (Phi) is 14.1. The molecular formula is C18H30N2. The molecule has 0 spiro atoms. The zero-order valence-electron chi connectivity index (χ0n) is 14.4. The second kappa shape index (κ2) is 13.7. The molecule has 20 heavy (non-hydrogen) atoms. The monoisotopic (exact) mass is 274 g/mol. The molecule has 0 aliphatic carbocycles. The first-order chi connectivity index (χ1) is 9.58. The summed E-state index contributed by atoms with van der Waals surface area (Å²) in [4.78, 5) is 8.12. The van der Waals surface area contributed by atoms with Crippen LogP contribution in [0.15, 0.2) is 36.7 Å². The van der Waals surface area contributed by atoms with Crippen LogP contribution in [0.4, 0.5) is 0 Å². The van der Waals surface area contributed by atoms with Crippen LogP contribution in [-0.4, -0.2) is 9.97 Å². The van der Waals surface area contributed by atoms with Crippen LogP contribution in [0, 0.1) is 27.7 Å². The number of pyridine rings is 2. The molecule has 2 heteroatoms.